The average molecular weight is 303 g/mol. The summed E-state index contributed by atoms with van der Waals surface area (Å²) in [4.78, 5) is 4.10. The second-order valence-corrected chi connectivity index (χ2v) is 4.75. The van der Waals surface area contributed by atoms with Gasteiger partial charge < -0.3 is 5.32 Å². The molecule has 100 valence electrons. The lowest BCUT2D eigenvalue weighted by Crippen LogP contribution is -2.20. The summed E-state index contributed by atoms with van der Waals surface area (Å²) in [6.07, 6.45) is 1.43. The van der Waals surface area contributed by atoms with Gasteiger partial charge in [-0.2, -0.15) is 0 Å². The van der Waals surface area contributed by atoms with Crippen molar-refractivity contribution in [3.63, 3.8) is 0 Å². The molecule has 1 N–H and O–H groups in total. The fourth-order valence-electron chi connectivity index (χ4n) is 1.81. The molecule has 0 aliphatic carbocycles. The number of hydrogen-bond donors (Lipinski definition) is 1. The average Bonchev–Trinajstić information content (AvgIpc) is 2.34. The van der Waals surface area contributed by atoms with Crippen molar-refractivity contribution in [2.24, 2.45) is 0 Å². The van der Waals surface area contributed by atoms with Gasteiger partial charge in [0.1, 0.15) is 11.6 Å². The van der Waals surface area contributed by atoms with Crippen molar-refractivity contribution in [2.45, 2.75) is 6.04 Å². The van der Waals surface area contributed by atoms with Crippen LogP contribution in [0.25, 0.3) is 0 Å². The van der Waals surface area contributed by atoms with E-state index in [2.05, 4.69) is 10.3 Å². The van der Waals surface area contributed by atoms with Crippen LogP contribution >= 0.6 is 23.2 Å². The van der Waals surface area contributed by atoms with Crippen LogP contribution in [0.15, 0.2) is 30.5 Å². The molecule has 1 unspecified atom stereocenters. The summed E-state index contributed by atoms with van der Waals surface area (Å²) >= 11 is 11.8. The zero-order valence-electron chi connectivity index (χ0n) is 9.92. The fraction of sp³-hybridized carbons (Fsp3) is 0.154. The molecular weight excluding hydrogens is 293 g/mol. The highest BCUT2D eigenvalue weighted by atomic mass is 35.5. The van der Waals surface area contributed by atoms with E-state index in [1.54, 1.807) is 7.05 Å². The Morgan fingerprint density at radius 3 is 2.53 bits per heavy atom. The third kappa shape index (κ3) is 3.03. The van der Waals surface area contributed by atoms with E-state index in [9.17, 15) is 8.78 Å². The minimum atomic E-state index is -0.660. The second kappa shape index (κ2) is 5.82. The van der Waals surface area contributed by atoms with Crippen LogP contribution in [0.2, 0.25) is 10.0 Å². The van der Waals surface area contributed by atoms with Crippen molar-refractivity contribution in [3.8, 4) is 0 Å². The number of aromatic nitrogens is 1. The maximum absolute atomic E-state index is 13.8. The van der Waals surface area contributed by atoms with Gasteiger partial charge in [-0.3, -0.25) is 4.98 Å². The molecule has 0 amide bonds. The zero-order valence-corrected chi connectivity index (χ0v) is 11.4. The maximum atomic E-state index is 13.8. The molecule has 0 aliphatic rings. The van der Waals surface area contributed by atoms with E-state index < -0.39 is 17.7 Å². The predicted octanol–water partition coefficient (Wildman–Crippen LogP) is 3.98. The Morgan fingerprint density at radius 2 is 1.95 bits per heavy atom. The van der Waals surface area contributed by atoms with E-state index in [4.69, 9.17) is 23.2 Å². The van der Waals surface area contributed by atoms with Crippen LogP contribution in [-0.2, 0) is 0 Å². The van der Waals surface area contributed by atoms with Gasteiger partial charge in [-0.15, -0.1) is 0 Å². The van der Waals surface area contributed by atoms with Crippen molar-refractivity contribution in [2.75, 3.05) is 7.05 Å². The number of halogens is 4. The Kier molecular flexibility index (Phi) is 4.34. The molecule has 0 saturated heterocycles. The van der Waals surface area contributed by atoms with Gasteiger partial charge in [-0.25, -0.2) is 8.78 Å². The van der Waals surface area contributed by atoms with E-state index in [0.29, 0.717) is 15.7 Å². The Bertz CT molecular complexity index is 554. The van der Waals surface area contributed by atoms with Gasteiger partial charge in [0.05, 0.1) is 21.8 Å². The van der Waals surface area contributed by atoms with Crippen LogP contribution in [0.3, 0.4) is 0 Å². The predicted molar refractivity (Wildman–Crippen MR) is 71.5 cm³/mol. The van der Waals surface area contributed by atoms with Crippen molar-refractivity contribution < 1.29 is 8.78 Å². The van der Waals surface area contributed by atoms with E-state index >= 15 is 0 Å². The molecule has 0 fully saturated rings. The smallest absolute Gasteiger partial charge is 0.131 e. The van der Waals surface area contributed by atoms with Crippen molar-refractivity contribution in [3.05, 3.63) is 63.4 Å². The van der Waals surface area contributed by atoms with Gasteiger partial charge in [0.25, 0.3) is 0 Å². The molecule has 0 bridgehead atoms. The highest BCUT2D eigenvalue weighted by Gasteiger charge is 2.20. The SMILES string of the molecule is CNC(c1ccc(F)cc1F)c1ncc(Cl)cc1Cl. The van der Waals surface area contributed by atoms with Crippen LogP contribution in [0.5, 0.6) is 0 Å². The number of pyridine rings is 1. The molecule has 1 atom stereocenters. The van der Waals surface area contributed by atoms with Crippen molar-refractivity contribution >= 4 is 23.2 Å². The molecular formula is C13H10Cl2F2N2. The van der Waals surface area contributed by atoms with Crippen LogP contribution in [-0.4, -0.2) is 12.0 Å². The molecule has 0 saturated carbocycles. The first-order valence-electron chi connectivity index (χ1n) is 5.46. The second-order valence-electron chi connectivity index (χ2n) is 3.91. The zero-order chi connectivity index (χ0) is 14.0. The first-order chi connectivity index (χ1) is 9.02. The number of nitrogens with one attached hydrogen (secondary N) is 1. The number of rotatable bonds is 3. The number of benzene rings is 1. The largest absolute Gasteiger partial charge is 0.308 e. The molecule has 0 aliphatic heterocycles. The van der Waals surface area contributed by atoms with E-state index in [0.717, 1.165) is 6.07 Å². The molecule has 1 aromatic carbocycles. The summed E-state index contributed by atoms with van der Waals surface area (Å²) in [5, 5.41) is 3.61. The Morgan fingerprint density at radius 1 is 1.21 bits per heavy atom. The summed E-state index contributed by atoms with van der Waals surface area (Å²) in [5.41, 5.74) is 0.694. The molecule has 2 nitrogen and oxygen atoms in total. The van der Waals surface area contributed by atoms with Gasteiger partial charge in [0.2, 0.25) is 0 Å². The quantitative estimate of drug-likeness (QED) is 0.928. The van der Waals surface area contributed by atoms with Crippen molar-refractivity contribution in [1.82, 2.24) is 10.3 Å². The highest BCUT2D eigenvalue weighted by Crippen LogP contribution is 2.29. The standard InChI is InChI=1S/C13H10Cl2F2N2/c1-18-12(9-3-2-8(16)5-11(9)17)13-10(15)4-7(14)6-19-13/h2-6,12,18H,1H3. The number of nitrogens with zero attached hydrogens (tertiary/aromatic N) is 1. The molecule has 2 aromatic rings. The molecule has 1 aromatic heterocycles. The third-order valence-corrected chi connectivity index (χ3v) is 3.18. The van der Waals surface area contributed by atoms with Gasteiger partial charge in [-0.05, 0) is 19.2 Å². The van der Waals surface area contributed by atoms with E-state index in [1.807, 2.05) is 0 Å². The van der Waals surface area contributed by atoms with Crippen LogP contribution < -0.4 is 5.32 Å². The number of hydrogen-bond acceptors (Lipinski definition) is 2. The topological polar surface area (TPSA) is 24.9 Å². The molecule has 0 spiro atoms. The van der Waals surface area contributed by atoms with Gasteiger partial charge in [-0.1, -0.05) is 29.3 Å². The summed E-state index contributed by atoms with van der Waals surface area (Å²) in [6, 6.07) is 4.32. The van der Waals surface area contributed by atoms with E-state index in [-0.39, 0.29) is 5.56 Å². The van der Waals surface area contributed by atoms with Gasteiger partial charge >= 0.3 is 0 Å². The molecule has 6 heteroatoms. The van der Waals surface area contributed by atoms with E-state index in [1.165, 1.54) is 24.4 Å². The lowest BCUT2D eigenvalue weighted by Gasteiger charge is -2.18. The summed E-state index contributed by atoms with van der Waals surface area (Å²) < 4.78 is 26.7. The highest BCUT2D eigenvalue weighted by molar-refractivity contribution is 6.34. The molecule has 0 radical (unpaired) electrons. The molecule has 1 heterocycles. The summed E-state index contributed by atoms with van der Waals surface area (Å²) in [7, 11) is 1.64. The monoisotopic (exact) mass is 302 g/mol. The van der Waals surface area contributed by atoms with Crippen LogP contribution in [0.4, 0.5) is 8.78 Å². The van der Waals surface area contributed by atoms with Crippen LogP contribution in [0, 0.1) is 11.6 Å². The van der Waals surface area contributed by atoms with Gasteiger partial charge in [0.15, 0.2) is 0 Å². The van der Waals surface area contributed by atoms with Crippen molar-refractivity contribution in [1.29, 1.82) is 0 Å². The third-order valence-electron chi connectivity index (χ3n) is 2.67. The Hall–Kier alpha value is -1.23. The molecule has 2 rings (SSSR count). The normalized spacial score (nSPS) is 12.5. The lowest BCUT2D eigenvalue weighted by atomic mass is 10.0. The first kappa shape index (κ1) is 14.2. The minimum absolute atomic E-state index is 0.264. The fourth-order valence-corrected chi connectivity index (χ4v) is 2.30. The first-order valence-corrected chi connectivity index (χ1v) is 6.21. The maximum Gasteiger partial charge on any atom is 0.131 e. The Balaban J connectivity index is 2.50. The lowest BCUT2D eigenvalue weighted by molar-refractivity contribution is 0.548. The summed E-state index contributed by atoms with van der Waals surface area (Å²) in [6.45, 7) is 0. The van der Waals surface area contributed by atoms with Gasteiger partial charge in [0, 0.05) is 17.8 Å². The summed E-state index contributed by atoms with van der Waals surface area (Å²) in [5.74, 6) is -1.29. The molecule has 19 heavy (non-hydrogen) atoms. The minimum Gasteiger partial charge on any atom is -0.308 e. The van der Waals surface area contributed by atoms with Crippen LogP contribution in [0.1, 0.15) is 17.3 Å². The Labute approximate surface area is 119 Å².